The molecule has 0 atom stereocenters. The number of fused-ring (bicyclic) bond motifs is 1. The topological polar surface area (TPSA) is 66.5 Å². The molecule has 5 nitrogen and oxygen atoms in total. The molecule has 3 aromatic rings. The number of para-hydroxylation sites is 1. The van der Waals surface area contributed by atoms with Gasteiger partial charge < -0.3 is 16.0 Å². The van der Waals surface area contributed by atoms with E-state index in [1.165, 1.54) is 5.56 Å². The summed E-state index contributed by atoms with van der Waals surface area (Å²) < 4.78 is 0. The van der Waals surface area contributed by atoms with Crippen LogP contribution in [0.5, 0.6) is 0 Å². The number of hydrogen-bond donors (Lipinski definition) is 2. The lowest BCUT2D eigenvalue weighted by Crippen LogP contribution is -2.22. The largest absolute Gasteiger partial charge is 0.370 e. The minimum absolute atomic E-state index is 0.399. The number of pyridine rings is 1. The van der Waals surface area contributed by atoms with E-state index >= 15 is 0 Å². The molecule has 0 aliphatic heterocycles. The van der Waals surface area contributed by atoms with Gasteiger partial charge in [0.2, 0.25) is 0 Å². The molecular formula is C20H23N5. The summed E-state index contributed by atoms with van der Waals surface area (Å²) in [6.45, 7) is 2.55. The van der Waals surface area contributed by atoms with E-state index in [1.54, 1.807) is 0 Å². The summed E-state index contributed by atoms with van der Waals surface area (Å²) in [4.78, 5) is 11.2. The number of anilines is 2. The number of aromatic nitrogens is 1. The smallest absolute Gasteiger partial charge is 0.193 e. The first kappa shape index (κ1) is 16.8. The molecule has 0 aliphatic carbocycles. The van der Waals surface area contributed by atoms with Crippen molar-refractivity contribution in [3.05, 3.63) is 65.7 Å². The van der Waals surface area contributed by atoms with Crippen LogP contribution in [-0.4, -0.2) is 25.0 Å². The molecule has 0 aliphatic rings. The maximum Gasteiger partial charge on any atom is 0.193 e. The van der Waals surface area contributed by atoms with E-state index in [2.05, 4.69) is 34.3 Å². The molecule has 0 spiro atoms. The second-order valence-electron chi connectivity index (χ2n) is 6.24. The van der Waals surface area contributed by atoms with Crippen molar-refractivity contribution in [1.29, 1.82) is 0 Å². The van der Waals surface area contributed by atoms with Crippen LogP contribution in [0, 0.1) is 6.92 Å². The summed E-state index contributed by atoms with van der Waals surface area (Å²) in [6, 6.07) is 18.2. The molecular weight excluding hydrogens is 310 g/mol. The highest BCUT2D eigenvalue weighted by atomic mass is 15.1. The fourth-order valence-corrected chi connectivity index (χ4v) is 2.59. The number of hydrogen-bond acceptors (Lipinski definition) is 3. The van der Waals surface area contributed by atoms with Gasteiger partial charge in [0.25, 0.3) is 0 Å². The molecule has 5 heteroatoms. The van der Waals surface area contributed by atoms with Crippen molar-refractivity contribution in [1.82, 2.24) is 4.98 Å². The number of nitrogens with one attached hydrogen (secondary N) is 1. The van der Waals surface area contributed by atoms with Crippen molar-refractivity contribution in [2.75, 3.05) is 24.3 Å². The molecule has 25 heavy (non-hydrogen) atoms. The zero-order valence-corrected chi connectivity index (χ0v) is 14.8. The third-order valence-corrected chi connectivity index (χ3v) is 3.99. The molecule has 3 rings (SSSR count). The predicted octanol–water partition coefficient (Wildman–Crippen LogP) is 3.54. The van der Waals surface area contributed by atoms with Gasteiger partial charge in [-0.25, -0.2) is 9.98 Å². The molecule has 0 saturated heterocycles. The summed E-state index contributed by atoms with van der Waals surface area (Å²) in [5.41, 5.74) is 10.2. The van der Waals surface area contributed by atoms with Crippen molar-refractivity contribution in [2.45, 2.75) is 13.5 Å². The van der Waals surface area contributed by atoms with E-state index in [0.29, 0.717) is 12.5 Å². The summed E-state index contributed by atoms with van der Waals surface area (Å²) in [7, 11) is 3.97. The van der Waals surface area contributed by atoms with E-state index < -0.39 is 0 Å². The maximum absolute atomic E-state index is 6.05. The number of nitrogens with two attached hydrogens (primary N) is 1. The van der Waals surface area contributed by atoms with Gasteiger partial charge in [-0.15, -0.1) is 0 Å². The molecule has 0 amide bonds. The number of nitrogens with zero attached hydrogens (tertiary/aromatic N) is 3. The molecule has 0 radical (unpaired) electrons. The summed E-state index contributed by atoms with van der Waals surface area (Å²) in [5, 5.41) is 4.22. The van der Waals surface area contributed by atoms with E-state index in [9.17, 15) is 0 Å². The lowest BCUT2D eigenvalue weighted by molar-refractivity contribution is 1.04. The van der Waals surface area contributed by atoms with Crippen LogP contribution < -0.4 is 16.0 Å². The van der Waals surface area contributed by atoms with E-state index in [0.717, 1.165) is 28.0 Å². The van der Waals surface area contributed by atoms with E-state index in [-0.39, 0.29) is 0 Å². The number of guanidine groups is 1. The van der Waals surface area contributed by atoms with Gasteiger partial charge in [0.05, 0.1) is 12.1 Å². The fourth-order valence-electron chi connectivity index (χ4n) is 2.59. The minimum Gasteiger partial charge on any atom is -0.370 e. The second-order valence-corrected chi connectivity index (χ2v) is 6.24. The van der Waals surface area contributed by atoms with Crippen LogP contribution in [0.1, 0.15) is 11.1 Å². The zero-order chi connectivity index (χ0) is 17.8. The Hall–Kier alpha value is -3.08. The van der Waals surface area contributed by atoms with Gasteiger partial charge in [0.1, 0.15) is 5.82 Å². The van der Waals surface area contributed by atoms with E-state index in [4.69, 9.17) is 5.73 Å². The van der Waals surface area contributed by atoms with Crippen LogP contribution in [0.25, 0.3) is 10.9 Å². The highest BCUT2D eigenvalue weighted by Crippen LogP contribution is 2.22. The SMILES string of the molecule is Cc1ccc(NC(N)=NCc2cc(N(C)C)nc3ccccc23)cc1. The maximum atomic E-state index is 6.05. The van der Waals surface area contributed by atoms with Gasteiger partial charge in [-0.2, -0.15) is 0 Å². The van der Waals surface area contributed by atoms with Crippen LogP contribution >= 0.6 is 0 Å². The average molecular weight is 333 g/mol. The molecule has 3 N–H and O–H groups in total. The van der Waals surface area contributed by atoms with Gasteiger partial charge in [0, 0.05) is 25.2 Å². The highest BCUT2D eigenvalue weighted by molar-refractivity contribution is 5.92. The number of aryl methyl sites for hydroxylation is 1. The molecule has 0 bridgehead atoms. The summed E-state index contributed by atoms with van der Waals surface area (Å²) >= 11 is 0. The van der Waals surface area contributed by atoms with Crippen LogP contribution in [0.2, 0.25) is 0 Å². The van der Waals surface area contributed by atoms with Crippen LogP contribution in [0.3, 0.4) is 0 Å². The van der Waals surface area contributed by atoms with Gasteiger partial charge in [-0.1, -0.05) is 35.9 Å². The average Bonchev–Trinajstić information content (AvgIpc) is 2.61. The van der Waals surface area contributed by atoms with E-state index in [1.807, 2.05) is 61.5 Å². The van der Waals surface area contributed by atoms with Crippen molar-refractivity contribution >= 4 is 28.4 Å². The lowest BCUT2D eigenvalue weighted by Gasteiger charge is -2.14. The second kappa shape index (κ2) is 7.21. The quantitative estimate of drug-likeness (QED) is 0.566. The Morgan fingerprint density at radius 1 is 1.12 bits per heavy atom. The van der Waals surface area contributed by atoms with Crippen LogP contribution in [-0.2, 0) is 6.54 Å². The van der Waals surface area contributed by atoms with Gasteiger partial charge >= 0.3 is 0 Å². The number of rotatable bonds is 4. The standard InChI is InChI=1S/C20H23N5/c1-14-8-10-16(11-9-14)23-20(21)22-13-15-12-19(25(2)3)24-18-7-5-4-6-17(15)18/h4-12H,13H2,1-3H3,(H3,21,22,23). The third-order valence-electron chi connectivity index (χ3n) is 3.99. The third kappa shape index (κ3) is 4.07. The van der Waals surface area contributed by atoms with Gasteiger partial charge in [-0.3, -0.25) is 0 Å². The normalized spacial score (nSPS) is 11.6. The first-order valence-corrected chi connectivity index (χ1v) is 8.22. The number of benzene rings is 2. The lowest BCUT2D eigenvalue weighted by atomic mass is 10.1. The molecule has 0 unspecified atom stereocenters. The van der Waals surface area contributed by atoms with Crippen LogP contribution in [0.15, 0.2) is 59.6 Å². The minimum atomic E-state index is 0.399. The van der Waals surface area contributed by atoms with Gasteiger partial charge in [0.15, 0.2) is 5.96 Å². The molecule has 0 saturated carbocycles. The first-order valence-electron chi connectivity index (χ1n) is 8.22. The molecule has 1 heterocycles. The van der Waals surface area contributed by atoms with Crippen LogP contribution in [0.4, 0.5) is 11.5 Å². The Balaban J connectivity index is 1.85. The molecule has 128 valence electrons. The van der Waals surface area contributed by atoms with Crippen molar-refractivity contribution < 1.29 is 0 Å². The van der Waals surface area contributed by atoms with Gasteiger partial charge in [-0.05, 0) is 36.8 Å². The Kier molecular flexibility index (Phi) is 4.84. The van der Waals surface area contributed by atoms with Crippen molar-refractivity contribution in [3.8, 4) is 0 Å². The highest BCUT2D eigenvalue weighted by Gasteiger charge is 2.07. The fraction of sp³-hybridized carbons (Fsp3) is 0.200. The molecule has 0 fully saturated rings. The Labute approximate surface area is 148 Å². The Morgan fingerprint density at radius 2 is 1.84 bits per heavy atom. The molecule has 1 aromatic heterocycles. The number of aliphatic imine (C=N–C) groups is 1. The van der Waals surface area contributed by atoms with Crippen molar-refractivity contribution in [3.63, 3.8) is 0 Å². The molecule has 2 aromatic carbocycles. The predicted molar refractivity (Wildman–Crippen MR) is 106 cm³/mol. The summed E-state index contributed by atoms with van der Waals surface area (Å²) in [5.74, 6) is 1.31. The van der Waals surface area contributed by atoms with Crippen molar-refractivity contribution in [2.24, 2.45) is 10.7 Å². The Morgan fingerprint density at radius 3 is 2.56 bits per heavy atom. The zero-order valence-electron chi connectivity index (χ0n) is 14.8. The Bertz CT molecular complexity index is 898. The monoisotopic (exact) mass is 333 g/mol. The summed E-state index contributed by atoms with van der Waals surface area (Å²) in [6.07, 6.45) is 0. The first-order chi connectivity index (χ1) is 12.0.